The first-order valence-electron chi connectivity index (χ1n) is 3.78. The second-order valence-electron chi connectivity index (χ2n) is 3.08. The molecule has 0 aliphatic carbocycles. The molecule has 11 heavy (non-hydrogen) atoms. The first-order valence-corrected chi connectivity index (χ1v) is 8.06. The van der Waals surface area contributed by atoms with Crippen molar-refractivity contribution in [3.05, 3.63) is 0 Å². The Bertz CT molecular complexity index is 143. The van der Waals surface area contributed by atoms with E-state index in [-0.39, 0.29) is 12.2 Å². The van der Waals surface area contributed by atoms with Gasteiger partial charge in [-0.1, -0.05) is 0 Å². The van der Waals surface area contributed by atoms with Crippen molar-refractivity contribution in [3.63, 3.8) is 0 Å². The predicted molar refractivity (Wildman–Crippen MR) is 51.0 cm³/mol. The monoisotopic (exact) mass is 244 g/mol. The van der Waals surface area contributed by atoms with E-state index in [0.717, 1.165) is 0 Å². The SMILES string of the molecule is CC(C)OP(C)(=[Se])OC(C)C. The molecule has 0 radical (unpaired) electrons. The van der Waals surface area contributed by atoms with Gasteiger partial charge in [-0.25, -0.2) is 0 Å². The molecule has 0 amide bonds. The van der Waals surface area contributed by atoms with E-state index in [0.29, 0.717) is 0 Å². The van der Waals surface area contributed by atoms with Crippen LogP contribution in [0.2, 0.25) is 0 Å². The third-order valence-corrected chi connectivity index (χ3v) is 3.50. The van der Waals surface area contributed by atoms with Gasteiger partial charge in [-0.3, -0.25) is 0 Å². The maximum absolute atomic E-state index is 5.58. The van der Waals surface area contributed by atoms with Gasteiger partial charge in [0, 0.05) is 0 Å². The molecule has 0 aliphatic rings. The standard InChI is InChI=1S/C7H17O2PSe/c1-6(2)8-10(5,11)9-7(3)4/h6-7H,1-5H3. The summed E-state index contributed by atoms with van der Waals surface area (Å²) < 4.78 is 11.2. The molecule has 0 spiro atoms. The van der Waals surface area contributed by atoms with Gasteiger partial charge in [0.25, 0.3) is 0 Å². The third-order valence-electron chi connectivity index (χ3n) is 0.805. The molecule has 2 nitrogen and oxygen atoms in total. The molecule has 0 unspecified atom stereocenters. The van der Waals surface area contributed by atoms with E-state index in [1.807, 2.05) is 34.4 Å². The second kappa shape index (κ2) is 4.79. The molecular weight excluding hydrogens is 226 g/mol. The Morgan fingerprint density at radius 3 is 1.45 bits per heavy atom. The Morgan fingerprint density at radius 1 is 1.00 bits per heavy atom. The molecule has 0 saturated carbocycles. The molecular formula is C7H17O2PSe. The summed E-state index contributed by atoms with van der Waals surface area (Å²) in [7, 11) is 0. The zero-order valence-electron chi connectivity index (χ0n) is 7.83. The van der Waals surface area contributed by atoms with Crippen LogP contribution in [0.15, 0.2) is 0 Å². The molecule has 0 aromatic rings. The first kappa shape index (κ1) is 11.9. The molecule has 0 atom stereocenters. The van der Waals surface area contributed by atoms with E-state index in [1.54, 1.807) is 0 Å². The van der Waals surface area contributed by atoms with Gasteiger partial charge in [-0.15, -0.1) is 0 Å². The summed E-state index contributed by atoms with van der Waals surface area (Å²) >= 11 is 2.98. The van der Waals surface area contributed by atoms with Crippen LogP contribution in [0.25, 0.3) is 0 Å². The fourth-order valence-electron chi connectivity index (χ4n) is 0.791. The molecule has 4 heteroatoms. The molecule has 0 fully saturated rings. The van der Waals surface area contributed by atoms with Gasteiger partial charge in [0.05, 0.1) is 0 Å². The summed E-state index contributed by atoms with van der Waals surface area (Å²) in [6, 6.07) is 0. The fraction of sp³-hybridized carbons (Fsp3) is 1.00. The first-order chi connectivity index (χ1) is 4.83. The Balaban J connectivity index is 3.91. The Morgan fingerprint density at radius 2 is 1.27 bits per heavy atom. The van der Waals surface area contributed by atoms with Crippen LogP contribution in [0.5, 0.6) is 0 Å². The zero-order chi connectivity index (χ0) is 9.07. The molecule has 0 rings (SSSR count). The maximum atomic E-state index is 5.58. The molecule has 0 aliphatic heterocycles. The van der Waals surface area contributed by atoms with Crippen molar-refractivity contribution in [2.24, 2.45) is 0 Å². The van der Waals surface area contributed by atoms with Gasteiger partial charge in [0.15, 0.2) is 0 Å². The van der Waals surface area contributed by atoms with Crippen molar-refractivity contribution < 1.29 is 9.05 Å². The quantitative estimate of drug-likeness (QED) is 0.557. The van der Waals surface area contributed by atoms with Gasteiger partial charge in [-0.05, 0) is 0 Å². The van der Waals surface area contributed by atoms with Crippen molar-refractivity contribution in [2.75, 3.05) is 6.66 Å². The third kappa shape index (κ3) is 7.24. The molecule has 68 valence electrons. The Labute approximate surface area is 77.0 Å². The van der Waals surface area contributed by atoms with Crippen LogP contribution in [0.3, 0.4) is 0 Å². The van der Waals surface area contributed by atoms with Crippen LogP contribution < -0.4 is 0 Å². The normalized spacial score (nSPS) is 13.0. The van der Waals surface area contributed by atoms with E-state index in [9.17, 15) is 0 Å². The minimum absolute atomic E-state index is 0.230. The zero-order valence-corrected chi connectivity index (χ0v) is 10.4. The number of rotatable bonds is 4. The van der Waals surface area contributed by atoms with Crippen LogP contribution in [-0.4, -0.2) is 34.0 Å². The number of hydrogen-bond donors (Lipinski definition) is 0. The Hall–Kier alpha value is 0.869. The van der Waals surface area contributed by atoms with E-state index < -0.39 is 5.96 Å². The summed E-state index contributed by atoms with van der Waals surface area (Å²) in [6.07, 6.45) is 0.460. The molecule has 0 saturated heterocycles. The van der Waals surface area contributed by atoms with E-state index in [4.69, 9.17) is 9.05 Å². The molecule has 0 bridgehead atoms. The predicted octanol–water partition coefficient (Wildman–Crippen LogP) is 2.40. The molecule has 0 heterocycles. The molecule has 0 N–H and O–H groups in total. The summed E-state index contributed by atoms with van der Waals surface area (Å²) in [5.74, 6) is -1.68. The van der Waals surface area contributed by atoms with Crippen LogP contribution in [-0.2, 0) is 9.05 Å². The van der Waals surface area contributed by atoms with Crippen LogP contribution in [0.1, 0.15) is 27.7 Å². The molecule has 0 aromatic heterocycles. The average Bonchev–Trinajstić information content (AvgIpc) is 1.53. The van der Waals surface area contributed by atoms with Crippen molar-refractivity contribution in [3.8, 4) is 0 Å². The van der Waals surface area contributed by atoms with E-state index >= 15 is 0 Å². The summed E-state index contributed by atoms with van der Waals surface area (Å²) in [5, 5.41) is 0. The van der Waals surface area contributed by atoms with Gasteiger partial charge in [0.1, 0.15) is 0 Å². The van der Waals surface area contributed by atoms with E-state index in [2.05, 4.69) is 15.1 Å². The van der Waals surface area contributed by atoms with Crippen LogP contribution >= 0.6 is 5.96 Å². The van der Waals surface area contributed by atoms with Gasteiger partial charge >= 0.3 is 76.7 Å². The molecule has 0 aromatic carbocycles. The van der Waals surface area contributed by atoms with Gasteiger partial charge < -0.3 is 0 Å². The fourth-order valence-corrected chi connectivity index (χ4v) is 4.54. The van der Waals surface area contributed by atoms with Crippen LogP contribution in [0, 0.1) is 0 Å². The van der Waals surface area contributed by atoms with Crippen molar-refractivity contribution in [1.29, 1.82) is 0 Å². The van der Waals surface area contributed by atoms with Crippen LogP contribution in [0.4, 0.5) is 0 Å². The van der Waals surface area contributed by atoms with E-state index in [1.165, 1.54) is 0 Å². The van der Waals surface area contributed by atoms with Gasteiger partial charge in [-0.2, -0.15) is 0 Å². The second-order valence-corrected chi connectivity index (χ2v) is 9.22. The average molecular weight is 243 g/mol. The number of hydrogen-bond acceptors (Lipinski definition) is 2. The van der Waals surface area contributed by atoms with Crippen molar-refractivity contribution >= 4 is 21.1 Å². The van der Waals surface area contributed by atoms with Crippen molar-refractivity contribution in [2.45, 2.75) is 39.9 Å². The van der Waals surface area contributed by atoms with Gasteiger partial charge in [0.2, 0.25) is 0 Å². The summed E-state index contributed by atoms with van der Waals surface area (Å²) in [6.45, 7) is 10.0. The summed E-state index contributed by atoms with van der Waals surface area (Å²) in [5.41, 5.74) is 0. The summed E-state index contributed by atoms with van der Waals surface area (Å²) in [4.78, 5) is 0. The minimum atomic E-state index is -1.68. The van der Waals surface area contributed by atoms with Crippen molar-refractivity contribution in [1.82, 2.24) is 0 Å². The topological polar surface area (TPSA) is 18.5 Å². The Kier molecular flexibility index (Phi) is 5.17.